The number of carbonyl (C=O) groups is 1. The number of sulfonamides is 1. The first-order valence-electron chi connectivity index (χ1n) is 11.1. The molecule has 0 aliphatic rings. The highest BCUT2D eigenvalue weighted by Gasteiger charge is 2.27. The number of halogens is 1. The average molecular weight is 485 g/mol. The molecule has 0 atom stereocenters. The zero-order valence-electron chi connectivity index (χ0n) is 19.3. The summed E-state index contributed by atoms with van der Waals surface area (Å²) in [5.74, 6) is -0.114. The largest absolute Gasteiger partial charge is 0.494 e. The fourth-order valence-corrected chi connectivity index (χ4v) is 4.81. The fourth-order valence-electron chi connectivity index (χ4n) is 3.39. The number of hydrogen-bond acceptors (Lipinski definition) is 4. The minimum absolute atomic E-state index is 0.0609. The van der Waals surface area contributed by atoms with Crippen molar-refractivity contribution >= 4 is 21.6 Å². The van der Waals surface area contributed by atoms with E-state index in [1.54, 1.807) is 12.1 Å². The maximum atomic E-state index is 13.4. The number of anilines is 1. The molecule has 0 aliphatic carbocycles. The molecule has 0 fully saturated rings. The van der Waals surface area contributed by atoms with Crippen molar-refractivity contribution in [1.29, 1.82) is 0 Å². The Kier molecular flexibility index (Phi) is 8.65. The van der Waals surface area contributed by atoms with Crippen molar-refractivity contribution in [3.05, 3.63) is 89.7 Å². The highest BCUT2D eigenvalue weighted by molar-refractivity contribution is 7.92. The Morgan fingerprint density at radius 2 is 1.62 bits per heavy atom. The second-order valence-electron chi connectivity index (χ2n) is 7.83. The molecular weight excluding hydrogens is 455 g/mol. The number of hydrogen-bond donors (Lipinski definition) is 1. The van der Waals surface area contributed by atoms with Gasteiger partial charge in [-0.05, 0) is 80.8 Å². The monoisotopic (exact) mass is 484 g/mol. The highest BCUT2D eigenvalue weighted by atomic mass is 32.2. The van der Waals surface area contributed by atoms with Gasteiger partial charge in [-0.25, -0.2) is 12.8 Å². The molecule has 1 N–H and O–H groups in total. The average Bonchev–Trinajstić information content (AvgIpc) is 2.82. The third-order valence-corrected chi connectivity index (χ3v) is 7.00. The number of nitrogens with zero attached hydrogens (tertiary/aromatic N) is 1. The summed E-state index contributed by atoms with van der Waals surface area (Å²) in [5.41, 5.74) is 2.25. The number of benzene rings is 3. The van der Waals surface area contributed by atoms with E-state index in [4.69, 9.17) is 4.74 Å². The number of carbonyl (C=O) groups excluding carboxylic acids is 1. The summed E-state index contributed by atoms with van der Waals surface area (Å²) in [4.78, 5) is 12.7. The summed E-state index contributed by atoms with van der Waals surface area (Å²) in [6.07, 6.45) is 1.46. The molecule has 0 saturated heterocycles. The van der Waals surface area contributed by atoms with Crippen LogP contribution < -0.4 is 14.4 Å². The highest BCUT2D eigenvalue weighted by Crippen LogP contribution is 2.24. The first-order valence-corrected chi connectivity index (χ1v) is 12.6. The Hall–Kier alpha value is -3.39. The predicted octanol–water partition coefficient (Wildman–Crippen LogP) is 4.48. The van der Waals surface area contributed by atoms with Crippen molar-refractivity contribution < 1.29 is 22.3 Å². The molecule has 0 bridgehead atoms. The molecule has 3 rings (SSSR count). The first kappa shape index (κ1) is 25.2. The predicted molar refractivity (Wildman–Crippen MR) is 131 cm³/mol. The van der Waals surface area contributed by atoms with Gasteiger partial charge in [0, 0.05) is 6.54 Å². The van der Waals surface area contributed by atoms with Crippen LogP contribution in [-0.2, 0) is 21.2 Å². The van der Waals surface area contributed by atoms with Crippen LogP contribution in [-0.4, -0.2) is 34.0 Å². The molecule has 6 nitrogen and oxygen atoms in total. The van der Waals surface area contributed by atoms with Crippen LogP contribution in [0.3, 0.4) is 0 Å². The van der Waals surface area contributed by atoms with E-state index in [1.165, 1.54) is 36.4 Å². The number of rotatable bonds is 11. The molecule has 34 heavy (non-hydrogen) atoms. The van der Waals surface area contributed by atoms with Gasteiger partial charge in [0.05, 0.1) is 17.2 Å². The van der Waals surface area contributed by atoms with E-state index in [1.807, 2.05) is 38.1 Å². The van der Waals surface area contributed by atoms with Gasteiger partial charge in [0.2, 0.25) is 5.91 Å². The van der Waals surface area contributed by atoms with Crippen molar-refractivity contribution in [2.24, 2.45) is 0 Å². The molecular formula is C26H29FN2O4S. The van der Waals surface area contributed by atoms with Crippen molar-refractivity contribution in [2.45, 2.75) is 31.6 Å². The van der Waals surface area contributed by atoms with Gasteiger partial charge in [0.15, 0.2) is 0 Å². The van der Waals surface area contributed by atoms with Gasteiger partial charge in [0.25, 0.3) is 10.0 Å². The van der Waals surface area contributed by atoms with Gasteiger partial charge in [0.1, 0.15) is 18.1 Å². The second kappa shape index (κ2) is 11.7. The number of amides is 1. The lowest BCUT2D eigenvalue weighted by atomic mass is 10.1. The zero-order valence-corrected chi connectivity index (χ0v) is 20.1. The van der Waals surface area contributed by atoms with Crippen molar-refractivity contribution in [3.63, 3.8) is 0 Å². The molecule has 1 amide bonds. The molecule has 0 aromatic heterocycles. The summed E-state index contributed by atoms with van der Waals surface area (Å²) >= 11 is 0. The van der Waals surface area contributed by atoms with E-state index in [2.05, 4.69) is 5.32 Å². The minimum atomic E-state index is -4.02. The van der Waals surface area contributed by atoms with E-state index < -0.39 is 28.3 Å². The summed E-state index contributed by atoms with van der Waals surface area (Å²) in [6.45, 7) is 4.38. The minimum Gasteiger partial charge on any atom is -0.494 e. The van der Waals surface area contributed by atoms with E-state index in [9.17, 15) is 17.6 Å². The van der Waals surface area contributed by atoms with Crippen LogP contribution in [0, 0.1) is 12.7 Å². The van der Waals surface area contributed by atoms with Crippen LogP contribution in [0.5, 0.6) is 5.75 Å². The first-order chi connectivity index (χ1) is 16.3. The molecule has 3 aromatic rings. The van der Waals surface area contributed by atoms with E-state index in [0.717, 1.165) is 27.6 Å². The SMILES string of the molecule is CCOc1ccc(CCCNC(=O)CN(c2ccc(F)cc2)S(=O)(=O)c2ccc(C)cc2)cc1. The van der Waals surface area contributed by atoms with E-state index in [-0.39, 0.29) is 10.6 Å². The molecule has 0 unspecified atom stereocenters. The van der Waals surface area contributed by atoms with Gasteiger partial charge < -0.3 is 10.1 Å². The molecule has 0 radical (unpaired) electrons. The Morgan fingerprint density at radius 1 is 0.971 bits per heavy atom. The molecule has 8 heteroatoms. The number of aryl methyl sites for hydroxylation is 2. The second-order valence-corrected chi connectivity index (χ2v) is 9.69. The Balaban J connectivity index is 1.64. The molecule has 3 aromatic carbocycles. The summed E-state index contributed by atoms with van der Waals surface area (Å²) in [7, 11) is -4.02. The lowest BCUT2D eigenvalue weighted by molar-refractivity contribution is -0.119. The topological polar surface area (TPSA) is 75.7 Å². The maximum absolute atomic E-state index is 13.4. The molecule has 0 heterocycles. The lowest BCUT2D eigenvalue weighted by Crippen LogP contribution is -2.41. The van der Waals surface area contributed by atoms with Crippen LogP contribution in [0.4, 0.5) is 10.1 Å². The van der Waals surface area contributed by atoms with E-state index >= 15 is 0 Å². The van der Waals surface area contributed by atoms with Crippen LogP contribution in [0.25, 0.3) is 0 Å². The molecule has 180 valence electrons. The maximum Gasteiger partial charge on any atom is 0.264 e. The van der Waals surface area contributed by atoms with E-state index in [0.29, 0.717) is 19.6 Å². The Labute approximate surface area is 200 Å². The van der Waals surface area contributed by atoms with Gasteiger partial charge >= 0.3 is 0 Å². The zero-order chi connectivity index (χ0) is 24.6. The third-order valence-electron chi connectivity index (χ3n) is 5.21. The number of nitrogens with one attached hydrogen (secondary N) is 1. The fraction of sp³-hybridized carbons (Fsp3) is 0.269. The number of ether oxygens (including phenoxy) is 1. The smallest absolute Gasteiger partial charge is 0.264 e. The van der Waals surface area contributed by atoms with Gasteiger partial charge in [-0.15, -0.1) is 0 Å². The van der Waals surface area contributed by atoms with Gasteiger partial charge in [-0.3, -0.25) is 9.10 Å². The molecule has 0 aliphatic heterocycles. The summed E-state index contributed by atoms with van der Waals surface area (Å²) in [6, 6.07) is 19.2. The van der Waals surface area contributed by atoms with Crippen LogP contribution in [0.1, 0.15) is 24.5 Å². The molecule has 0 spiro atoms. The van der Waals surface area contributed by atoms with Crippen LogP contribution in [0.15, 0.2) is 77.7 Å². The van der Waals surface area contributed by atoms with Gasteiger partial charge in [-0.1, -0.05) is 29.8 Å². The quantitative estimate of drug-likeness (QED) is 0.407. The van der Waals surface area contributed by atoms with Gasteiger partial charge in [-0.2, -0.15) is 0 Å². The Bertz CT molecular complexity index is 1180. The summed E-state index contributed by atoms with van der Waals surface area (Å²) < 4.78 is 46.4. The normalized spacial score (nSPS) is 11.1. The van der Waals surface area contributed by atoms with Crippen molar-refractivity contribution in [3.8, 4) is 5.75 Å². The van der Waals surface area contributed by atoms with Crippen LogP contribution >= 0.6 is 0 Å². The third kappa shape index (κ3) is 6.81. The van der Waals surface area contributed by atoms with Crippen molar-refractivity contribution in [2.75, 3.05) is 24.0 Å². The summed E-state index contributed by atoms with van der Waals surface area (Å²) in [5, 5.41) is 2.79. The standard InChI is InChI=1S/C26H29FN2O4S/c1-3-33-24-14-8-21(9-15-24)5-4-18-28-26(30)19-29(23-12-10-22(27)11-13-23)34(31,32)25-16-6-20(2)7-17-25/h6-17H,3-5,18-19H2,1-2H3,(H,28,30). The molecule has 0 saturated carbocycles. The lowest BCUT2D eigenvalue weighted by Gasteiger charge is -2.24. The van der Waals surface area contributed by atoms with Crippen LogP contribution in [0.2, 0.25) is 0 Å². The van der Waals surface area contributed by atoms with Crippen molar-refractivity contribution in [1.82, 2.24) is 5.32 Å². The Morgan fingerprint density at radius 3 is 2.24 bits per heavy atom.